The minimum atomic E-state index is -0.499. The van der Waals surface area contributed by atoms with Gasteiger partial charge in [0, 0.05) is 14.1 Å². The number of fused-ring (bicyclic) bond motifs is 1. The summed E-state index contributed by atoms with van der Waals surface area (Å²) < 4.78 is 15.2. The van der Waals surface area contributed by atoms with E-state index in [0.717, 1.165) is 17.1 Å². The molecular weight excluding hydrogens is 415 g/mol. The highest BCUT2D eigenvalue weighted by molar-refractivity contribution is 6.32. The van der Waals surface area contributed by atoms with Crippen molar-refractivity contribution in [3.05, 3.63) is 92.9 Å². The van der Waals surface area contributed by atoms with Crippen molar-refractivity contribution in [2.75, 3.05) is 19.0 Å². The van der Waals surface area contributed by atoms with Crippen molar-refractivity contribution in [1.82, 2.24) is 14.5 Å². The van der Waals surface area contributed by atoms with Crippen LogP contribution in [0.4, 0.5) is 10.2 Å². The summed E-state index contributed by atoms with van der Waals surface area (Å²) in [5, 5.41) is 0.571. The van der Waals surface area contributed by atoms with Gasteiger partial charge in [-0.2, -0.15) is 0 Å². The number of nitrogens with zero attached hydrogens (tertiary/aromatic N) is 4. The number of para-hydroxylation sites is 1. The number of aryl methyl sites for hydroxylation is 1. The van der Waals surface area contributed by atoms with Crippen molar-refractivity contribution in [1.29, 1.82) is 0 Å². The van der Waals surface area contributed by atoms with E-state index in [1.54, 1.807) is 30.3 Å². The van der Waals surface area contributed by atoms with Crippen LogP contribution >= 0.6 is 11.6 Å². The molecule has 2 heterocycles. The monoisotopic (exact) mass is 434 g/mol. The summed E-state index contributed by atoms with van der Waals surface area (Å²) in [6.07, 6.45) is 3.54. The van der Waals surface area contributed by atoms with Crippen LogP contribution in [0.5, 0.6) is 0 Å². The molecule has 0 N–H and O–H groups in total. The van der Waals surface area contributed by atoms with E-state index in [0.29, 0.717) is 22.1 Å². The number of pyridine rings is 1. The first kappa shape index (κ1) is 20.8. The quantitative estimate of drug-likeness (QED) is 0.447. The Hall–Kier alpha value is -3.51. The van der Waals surface area contributed by atoms with Crippen LogP contribution in [0, 0.1) is 12.7 Å². The van der Waals surface area contributed by atoms with Gasteiger partial charge in [0.05, 0.1) is 27.3 Å². The predicted molar refractivity (Wildman–Crippen MR) is 125 cm³/mol. The molecule has 0 unspecified atom stereocenters. The maximum absolute atomic E-state index is 13.8. The number of halogens is 2. The van der Waals surface area contributed by atoms with E-state index in [2.05, 4.69) is 9.97 Å². The van der Waals surface area contributed by atoms with Crippen LogP contribution in [0.1, 0.15) is 17.1 Å². The highest BCUT2D eigenvalue weighted by atomic mass is 35.5. The maximum atomic E-state index is 13.8. The second-order valence-electron chi connectivity index (χ2n) is 7.32. The van der Waals surface area contributed by atoms with Gasteiger partial charge in [-0.1, -0.05) is 29.8 Å². The summed E-state index contributed by atoms with van der Waals surface area (Å²) in [7, 11) is 3.84. The van der Waals surface area contributed by atoms with Gasteiger partial charge in [-0.25, -0.2) is 14.4 Å². The van der Waals surface area contributed by atoms with E-state index in [4.69, 9.17) is 11.6 Å². The minimum Gasteiger partial charge on any atom is -0.363 e. The summed E-state index contributed by atoms with van der Waals surface area (Å²) in [6.45, 7) is 1.96. The highest BCUT2D eigenvalue weighted by Crippen LogP contribution is 2.23. The third-order valence-corrected chi connectivity index (χ3v) is 5.24. The van der Waals surface area contributed by atoms with Gasteiger partial charge < -0.3 is 4.90 Å². The number of hydrogen-bond donors (Lipinski definition) is 0. The molecule has 0 atom stereocenters. The molecule has 0 aliphatic rings. The van der Waals surface area contributed by atoms with E-state index < -0.39 is 11.4 Å². The van der Waals surface area contributed by atoms with Crippen LogP contribution in [0.15, 0.2) is 59.4 Å². The van der Waals surface area contributed by atoms with Gasteiger partial charge in [0.25, 0.3) is 5.56 Å². The first-order valence-electron chi connectivity index (χ1n) is 9.65. The fraction of sp³-hybridized carbons (Fsp3) is 0.125. The topological polar surface area (TPSA) is 51.0 Å². The molecule has 0 aliphatic carbocycles. The number of anilines is 1. The lowest BCUT2D eigenvalue weighted by Gasteiger charge is -2.14. The highest BCUT2D eigenvalue weighted by Gasteiger charge is 2.14. The van der Waals surface area contributed by atoms with Gasteiger partial charge in [-0.15, -0.1) is 0 Å². The van der Waals surface area contributed by atoms with Gasteiger partial charge in [0.15, 0.2) is 0 Å². The van der Waals surface area contributed by atoms with Crippen molar-refractivity contribution in [3.8, 4) is 5.69 Å². The average Bonchev–Trinajstić information content (AvgIpc) is 2.74. The molecule has 2 aromatic carbocycles. The largest absolute Gasteiger partial charge is 0.363 e. The van der Waals surface area contributed by atoms with Crippen LogP contribution in [0.3, 0.4) is 0 Å². The molecule has 4 aromatic rings. The van der Waals surface area contributed by atoms with Gasteiger partial charge in [0.2, 0.25) is 0 Å². The Labute approximate surface area is 184 Å². The lowest BCUT2D eigenvalue weighted by molar-refractivity contribution is 0.629. The lowest BCUT2D eigenvalue weighted by Crippen LogP contribution is -2.22. The molecule has 0 spiro atoms. The standard InChI is InChI=1S/C24H20ClFN4O/c1-15-8-12-22(29(2)3)27-19(15)11-13-23-28-20-10-9-16(26)14-17(20)24(31)30(23)21-7-5-4-6-18(21)25/h4-14H,1-3H3. The molecule has 0 saturated carbocycles. The van der Waals surface area contributed by atoms with E-state index in [-0.39, 0.29) is 5.39 Å². The van der Waals surface area contributed by atoms with Gasteiger partial charge >= 0.3 is 0 Å². The Morgan fingerprint density at radius 2 is 1.81 bits per heavy atom. The molecule has 2 aromatic heterocycles. The van der Waals surface area contributed by atoms with Crippen molar-refractivity contribution in [3.63, 3.8) is 0 Å². The zero-order valence-electron chi connectivity index (χ0n) is 17.3. The maximum Gasteiger partial charge on any atom is 0.266 e. The molecule has 5 nitrogen and oxygen atoms in total. The summed E-state index contributed by atoms with van der Waals surface area (Å²) >= 11 is 6.38. The first-order chi connectivity index (χ1) is 14.8. The summed E-state index contributed by atoms with van der Waals surface area (Å²) in [5.74, 6) is 0.685. The Balaban J connectivity index is 1.96. The molecular formula is C24H20ClFN4O. The smallest absolute Gasteiger partial charge is 0.266 e. The Morgan fingerprint density at radius 3 is 2.55 bits per heavy atom. The van der Waals surface area contributed by atoms with Crippen molar-refractivity contribution in [2.24, 2.45) is 0 Å². The van der Waals surface area contributed by atoms with Crippen molar-refractivity contribution in [2.45, 2.75) is 6.92 Å². The first-order valence-corrected chi connectivity index (χ1v) is 10.0. The van der Waals surface area contributed by atoms with Crippen LogP contribution in [0.25, 0.3) is 28.7 Å². The third kappa shape index (κ3) is 4.07. The number of hydrogen-bond acceptors (Lipinski definition) is 4. The number of aromatic nitrogens is 3. The lowest BCUT2D eigenvalue weighted by atomic mass is 10.2. The number of rotatable bonds is 4. The molecule has 0 amide bonds. The van der Waals surface area contributed by atoms with Gasteiger partial charge in [-0.3, -0.25) is 9.36 Å². The average molecular weight is 435 g/mol. The van der Waals surface area contributed by atoms with Crippen molar-refractivity contribution < 1.29 is 4.39 Å². The van der Waals surface area contributed by atoms with E-state index in [9.17, 15) is 9.18 Å². The van der Waals surface area contributed by atoms with Crippen LogP contribution in [0.2, 0.25) is 5.02 Å². The zero-order chi connectivity index (χ0) is 22.1. The van der Waals surface area contributed by atoms with Crippen molar-refractivity contribution >= 4 is 40.5 Å². The molecule has 0 saturated heterocycles. The van der Waals surface area contributed by atoms with E-state index in [1.165, 1.54) is 22.8 Å². The second kappa shape index (κ2) is 8.32. The summed E-state index contributed by atoms with van der Waals surface area (Å²) in [6, 6.07) is 14.9. The Kier molecular flexibility index (Phi) is 5.57. The van der Waals surface area contributed by atoms with E-state index >= 15 is 0 Å². The van der Waals surface area contributed by atoms with Crippen LogP contribution < -0.4 is 10.5 Å². The summed E-state index contributed by atoms with van der Waals surface area (Å²) in [4.78, 5) is 24.5. The van der Waals surface area contributed by atoms with Gasteiger partial charge in [0.1, 0.15) is 17.5 Å². The molecule has 0 bridgehead atoms. The normalized spacial score (nSPS) is 11.4. The zero-order valence-corrected chi connectivity index (χ0v) is 18.1. The minimum absolute atomic E-state index is 0.181. The Morgan fingerprint density at radius 1 is 1.03 bits per heavy atom. The van der Waals surface area contributed by atoms with Gasteiger partial charge in [-0.05, 0) is 61.0 Å². The molecule has 156 valence electrons. The Bertz CT molecular complexity index is 1380. The van der Waals surface area contributed by atoms with Crippen LogP contribution in [-0.2, 0) is 0 Å². The SMILES string of the molecule is Cc1ccc(N(C)C)nc1C=Cc1nc2ccc(F)cc2c(=O)n1-c1ccccc1Cl. The molecule has 4 rings (SSSR count). The fourth-order valence-electron chi connectivity index (χ4n) is 3.26. The van der Waals surface area contributed by atoms with Crippen LogP contribution in [-0.4, -0.2) is 28.6 Å². The molecule has 0 radical (unpaired) electrons. The fourth-order valence-corrected chi connectivity index (χ4v) is 3.48. The summed E-state index contributed by atoms with van der Waals surface area (Å²) in [5.41, 5.74) is 2.21. The third-order valence-electron chi connectivity index (χ3n) is 4.92. The number of benzene rings is 2. The second-order valence-corrected chi connectivity index (χ2v) is 7.73. The van der Waals surface area contributed by atoms with E-state index in [1.807, 2.05) is 44.1 Å². The molecule has 31 heavy (non-hydrogen) atoms. The molecule has 0 fully saturated rings. The molecule has 7 heteroatoms. The predicted octanol–water partition coefficient (Wildman–Crippen LogP) is 5.12. The molecule has 0 aliphatic heterocycles.